The van der Waals surface area contributed by atoms with Gasteiger partial charge in [-0.2, -0.15) is 5.10 Å². The van der Waals surface area contributed by atoms with Crippen LogP contribution in [-0.4, -0.2) is 35.5 Å². The van der Waals surface area contributed by atoms with E-state index in [1.54, 1.807) is 17.1 Å². The third-order valence-electron chi connectivity index (χ3n) is 2.26. The maximum Gasteiger partial charge on any atom is 0.307 e. The summed E-state index contributed by atoms with van der Waals surface area (Å²) in [6.45, 7) is 8.04. The molecule has 0 unspecified atom stereocenters. The van der Waals surface area contributed by atoms with Crippen LogP contribution in [0.2, 0.25) is 25.7 Å². The van der Waals surface area contributed by atoms with Crippen LogP contribution < -0.4 is 0 Å². The predicted molar refractivity (Wildman–Crippen MR) is 67.7 cm³/mol. The van der Waals surface area contributed by atoms with Crippen LogP contribution in [0.4, 0.5) is 0 Å². The van der Waals surface area contributed by atoms with E-state index < -0.39 is 14.0 Å². The van der Waals surface area contributed by atoms with E-state index in [1.807, 2.05) is 0 Å². The summed E-state index contributed by atoms with van der Waals surface area (Å²) >= 11 is 0. The number of carboxylic acid groups (broad SMARTS) is 1. The molecule has 0 radical (unpaired) electrons. The molecule has 0 bridgehead atoms. The van der Waals surface area contributed by atoms with E-state index in [-0.39, 0.29) is 6.42 Å². The predicted octanol–water partition coefficient (Wildman–Crippen LogP) is 1.82. The highest BCUT2D eigenvalue weighted by molar-refractivity contribution is 6.76. The van der Waals surface area contributed by atoms with Gasteiger partial charge in [-0.1, -0.05) is 19.6 Å². The average molecular weight is 256 g/mol. The maximum atomic E-state index is 10.5. The molecule has 96 valence electrons. The summed E-state index contributed by atoms with van der Waals surface area (Å²) in [6, 6.07) is 1.12. The number of nitrogens with zero attached hydrogens (tertiary/aromatic N) is 2. The summed E-state index contributed by atoms with van der Waals surface area (Å²) in [5.74, 6) is -0.843. The molecule has 1 aromatic heterocycles. The zero-order valence-electron chi connectivity index (χ0n) is 10.6. The normalized spacial score (nSPS) is 11.7. The molecular weight excluding hydrogens is 236 g/mol. The van der Waals surface area contributed by atoms with Crippen molar-refractivity contribution in [3.05, 3.63) is 18.0 Å². The fourth-order valence-electron chi connectivity index (χ4n) is 1.28. The van der Waals surface area contributed by atoms with Gasteiger partial charge in [-0.25, -0.2) is 4.68 Å². The molecule has 0 atom stereocenters. The van der Waals surface area contributed by atoms with Crippen molar-refractivity contribution in [3.63, 3.8) is 0 Å². The van der Waals surface area contributed by atoms with E-state index in [4.69, 9.17) is 9.84 Å². The number of carbonyl (C=O) groups is 1. The van der Waals surface area contributed by atoms with Crippen LogP contribution in [0.3, 0.4) is 0 Å². The van der Waals surface area contributed by atoms with E-state index in [2.05, 4.69) is 24.7 Å². The zero-order valence-corrected chi connectivity index (χ0v) is 11.6. The van der Waals surface area contributed by atoms with Crippen molar-refractivity contribution in [3.8, 4) is 0 Å². The summed E-state index contributed by atoms with van der Waals surface area (Å²) in [5.41, 5.74) is 0.700. The second-order valence-corrected chi connectivity index (χ2v) is 10.9. The molecule has 1 aromatic rings. The SMILES string of the molecule is C[Si](C)(C)CCOCn1cc(CC(=O)O)cn1. The smallest absolute Gasteiger partial charge is 0.307 e. The molecule has 0 aliphatic rings. The van der Waals surface area contributed by atoms with Crippen molar-refractivity contribution in [1.82, 2.24) is 9.78 Å². The molecule has 1 N–H and O–H groups in total. The first kappa shape index (κ1) is 13.9. The highest BCUT2D eigenvalue weighted by atomic mass is 28.3. The Hall–Kier alpha value is -1.14. The molecule has 0 spiro atoms. The zero-order chi connectivity index (χ0) is 12.9. The van der Waals surface area contributed by atoms with Crippen molar-refractivity contribution >= 4 is 14.0 Å². The first-order chi connectivity index (χ1) is 7.87. The minimum atomic E-state index is -1.04. The summed E-state index contributed by atoms with van der Waals surface area (Å²) < 4.78 is 7.13. The molecule has 5 nitrogen and oxygen atoms in total. The molecule has 0 aliphatic carbocycles. The minimum absolute atomic E-state index is 0.00883. The molecular formula is C11H20N2O3Si. The van der Waals surface area contributed by atoms with Gasteiger partial charge in [0, 0.05) is 26.4 Å². The fourth-order valence-corrected chi connectivity index (χ4v) is 2.04. The van der Waals surface area contributed by atoms with E-state index in [0.29, 0.717) is 12.3 Å². The highest BCUT2D eigenvalue weighted by Crippen LogP contribution is 2.08. The monoisotopic (exact) mass is 256 g/mol. The third-order valence-corrected chi connectivity index (χ3v) is 3.97. The molecule has 17 heavy (non-hydrogen) atoms. The van der Waals surface area contributed by atoms with Crippen molar-refractivity contribution in [2.24, 2.45) is 0 Å². The van der Waals surface area contributed by atoms with Gasteiger partial charge in [0.1, 0.15) is 6.73 Å². The molecule has 0 fully saturated rings. The van der Waals surface area contributed by atoms with Crippen LogP contribution >= 0.6 is 0 Å². The topological polar surface area (TPSA) is 64.3 Å². The van der Waals surface area contributed by atoms with Crippen molar-refractivity contribution in [1.29, 1.82) is 0 Å². The number of hydrogen-bond donors (Lipinski definition) is 1. The fraction of sp³-hybridized carbons (Fsp3) is 0.636. The van der Waals surface area contributed by atoms with Crippen LogP contribution in [0.25, 0.3) is 0 Å². The number of hydrogen-bond acceptors (Lipinski definition) is 3. The molecule has 0 saturated heterocycles. The van der Waals surface area contributed by atoms with Gasteiger partial charge in [0.25, 0.3) is 0 Å². The van der Waals surface area contributed by atoms with Crippen LogP contribution in [0, 0.1) is 0 Å². The lowest BCUT2D eigenvalue weighted by Gasteiger charge is -2.15. The Morgan fingerprint density at radius 3 is 2.82 bits per heavy atom. The Morgan fingerprint density at radius 2 is 2.24 bits per heavy atom. The van der Waals surface area contributed by atoms with Crippen molar-refractivity contribution in [2.45, 2.75) is 38.8 Å². The molecule has 0 aromatic carbocycles. The van der Waals surface area contributed by atoms with Gasteiger partial charge in [-0.05, 0) is 6.04 Å². The lowest BCUT2D eigenvalue weighted by molar-refractivity contribution is -0.136. The van der Waals surface area contributed by atoms with Gasteiger partial charge in [0.15, 0.2) is 0 Å². The second-order valence-electron chi connectivity index (χ2n) is 5.31. The van der Waals surface area contributed by atoms with Gasteiger partial charge in [0.2, 0.25) is 0 Å². The van der Waals surface area contributed by atoms with Crippen LogP contribution in [0.15, 0.2) is 12.4 Å². The Labute approximate surface area is 102 Å². The molecule has 1 rings (SSSR count). The number of aliphatic carboxylic acids is 1. The first-order valence-electron chi connectivity index (χ1n) is 5.68. The Bertz CT molecular complexity index is 371. The van der Waals surface area contributed by atoms with Crippen molar-refractivity contribution in [2.75, 3.05) is 6.61 Å². The number of carboxylic acids is 1. The molecule has 1 heterocycles. The molecule has 0 aliphatic heterocycles. The van der Waals surface area contributed by atoms with Gasteiger partial charge < -0.3 is 9.84 Å². The van der Waals surface area contributed by atoms with E-state index >= 15 is 0 Å². The summed E-state index contributed by atoms with van der Waals surface area (Å²) in [5, 5.41) is 12.7. The van der Waals surface area contributed by atoms with Crippen LogP contribution in [0.1, 0.15) is 5.56 Å². The van der Waals surface area contributed by atoms with Gasteiger partial charge >= 0.3 is 5.97 Å². The lowest BCUT2D eigenvalue weighted by Crippen LogP contribution is -2.22. The number of aromatic nitrogens is 2. The van der Waals surface area contributed by atoms with E-state index in [0.717, 1.165) is 12.7 Å². The van der Waals surface area contributed by atoms with Gasteiger partial charge in [-0.3, -0.25) is 4.79 Å². The van der Waals surface area contributed by atoms with Crippen LogP contribution in [-0.2, 0) is 22.7 Å². The van der Waals surface area contributed by atoms with Crippen molar-refractivity contribution < 1.29 is 14.6 Å². The largest absolute Gasteiger partial charge is 0.481 e. The molecule has 6 heteroatoms. The second kappa shape index (κ2) is 5.97. The quantitative estimate of drug-likeness (QED) is 0.597. The Kier molecular flexibility index (Phi) is 4.89. The highest BCUT2D eigenvalue weighted by Gasteiger charge is 2.12. The minimum Gasteiger partial charge on any atom is -0.481 e. The maximum absolute atomic E-state index is 10.5. The standard InChI is InChI=1S/C11H20N2O3Si/c1-17(2,3)5-4-16-9-13-8-10(7-12-13)6-11(14)15/h7-8H,4-6,9H2,1-3H3,(H,14,15). The lowest BCUT2D eigenvalue weighted by atomic mass is 10.3. The Balaban J connectivity index is 2.28. The van der Waals surface area contributed by atoms with E-state index in [1.165, 1.54) is 0 Å². The summed E-state index contributed by atoms with van der Waals surface area (Å²) in [6.07, 6.45) is 3.29. The molecule has 0 saturated carbocycles. The summed E-state index contributed by atoms with van der Waals surface area (Å²) in [4.78, 5) is 10.5. The van der Waals surface area contributed by atoms with Gasteiger partial charge in [0.05, 0.1) is 12.6 Å². The van der Waals surface area contributed by atoms with E-state index in [9.17, 15) is 4.79 Å². The molecule has 0 amide bonds. The number of rotatable bonds is 7. The summed E-state index contributed by atoms with van der Waals surface area (Å²) in [7, 11) is -1.04. The average Bonchev–Trinajstić information content (AvgIpc) is 2.58. The Morgan fingerprint density at radius 1 is 1.53 bits per heavy atom. The van der Waals surface area contributed by atoms with Gasteiger partial charge in [-0.15, -0.1) is 0 Å². The third kappa shape index (κ3) is 6.23. The number of ether oxygens (including phenoxy) is 1. The van der Waals surface area contributed by atoms with Crippen LogP contribution in [0.5, 0.6) is 0 Å². The first-order valence-corrected chi connectivity index (χ1v) is 9.38.